The third-order valence-electron chi connectivity index (χ3n) is 2.99. The molecule has 2 rings (SSSR count). The maximum absolute atomic E-state index is 9.88. The van der Waals surface area contributed by atoms with Gasteiger partial charge in [-0.2, -0.15) is 0 Å². The topological polar surface area (TPSA) is 45.6 Å². The molecule has 88 valence electrons. The maximum atomic E-state index is 9.88. The number of rotatable bonds is 3. The van der Waals surface area contributed by atoms with Crippen molar-refractivity contribution in [1.29, 1.82) is 0 Å². The molecule has 1 aliphatic rings. The van der Waals surface area contributed by atoms with Gasteiger partial charge in [-0.25, -0.2) is 0 Å². The van der Waals surface area contributed by atoms with Crippen LogP contribution in [0.25, 0.3) is 0 Å². The molecule has 1 aromatic rings. The number of nitrogens with zero attached hydrogens (tertiary/aromatic N) is 2. The average Bonchev–Trinajstić information content (AvgIpc) is 2.31. The summed E-state index contributed by atoms with van der Waals surface area (Å²) in [6, 6.07) is 5.95. The predicted octanol–water partition coefficient (Wildman–Crippen LogP) is 0.663. The van der Waals surface area contributed by atoms with E-state index in [0.29, 0.717) is 13.2 Å². The molecule has 1 saturated heterocycles. The number of hydrogen-bond donors (Lipinski definition) is 1. The van der Waals surface area contributed by atoms with Crippen LogP contribution in [0.15, 0.2) is 24.4 Å². The van der Waals surface area contributed by atoms with Crippen molar-refractivity contribution in [2.24, 2.45) is 0 Å². The summed E-state index contributed by atoms with van der Waals surface area (Å²) < 4.78 is 5.39. The second kappa shape index (κ2) is 5.39. The highest BCUT2D eigenvalue weighted by Gasteiger charge is 2.27. The maximum Gasteiger partial charge on any atom is 0.0739 e. The molecule has 0 spiro atoms. The summed E-state index contributed by atoms with van der Waals surface area (Å²) in [6.07, 6.45) is 2.22. The molecule has 1 fully saturated rings. The van der Waals surface area contributed by atoms with Crippen molar-refractivity contribution < 1.29 is 9.84 Å². The van der Waals surface area contributed by atoms with Crippen LogP contribution in [0.2, 0.25) is 0 Å². The van der Waals surface area contributed by atoms with Gasteiger partial charge in [0.05, 0.1) is 24.4 Å². The minimum atomic E-state index is -0.289. The fourth-order valence-electron chi connectivity index (χ4n) is 2.00. The van der Waals surface area contributed by atoms with Crippen LogP contribution >= 0.6 is 0 Å². The molecule has 2 heterocycles. The monoisotopic (exact) mass is 222 g/mol. The first-order valence-electron chi connectivity index (χ1n) is 5.63. The van der Waals surface area contributed by atoms with E-state index in [1.54, 1.807) is 6.20 Å². The van der Waals surface area contributed by atoms with Crippen molar-refractivity contribution in [2.45, 2.75) is 25.1 Å². The second-order valence-corrected chi connectivity index (χ2v) is 4.23. The minimum absolute atomic E-state index is 0.0794. The molecule has 4 nitrogen and oxygen atoms in total. The van der Waals surface area contributed by atoms with Crippen LogP contribution in [0.4, 0.5) is 0 Å². The highest BCUT2D eigenvalue weighted by Crippen LogP contribution is 2.14. The van der Waals surface area contributed by atoms with Crippen LogP contribution in [-0.2, 0) is 11.3 Å². The molecule has 0 radical (unpaired) electrons. The SMILES string of the molecule is CN(Cc1ccccn1)C1COCCC1O. The smallest absolute Gasteiger partial charge is 0.0739 e. The van der Waals surface area contributed by atoms with Crippen molar-refractivity contribution in [3.05, 3.63) is 30.1 Å². The average molecular weight is 222 g/mol. The molecule has 1 aliphatic heterocycles. The van der Waals surface area contributed by atoms with Crippen molar-refractivity contribution in [2.75, 3.05) is 20.3 Å². The van der Waals surface area contributed by atoms with E-state index in [2.05, 4.69) is 9.88 Å². The Hall–Kier alpha value is -0.970. The second-order valence-electron chi connectivity index (χ2n) is 4.23. The summed E-state index contributed by atoms with van der Waals surface area (Å²) in [5.74, 6) is 0. The van der Waals surface area contributed by atoms with E-state index in [0.717, 1.165) is 18.7 Å². The third kappa shape index (κ3) is 2.78. The van der Waals surface area contributed by atoms with Crippen molar-refractivity contribution in [1.82, 2.24) is 9.88 Å². The summed E-state index contributed by atoms with van der Waals surface area (Å²) in [6.45, 7) is 2.01. The third-order valence-corrected chi connectivity index (χ3v) is 2.99. The summed E-state index contributed by atoms with van der Waals surface area (Å²) in [4.78, 5) is 6.38. The minimum Gasteiger partial charge on any atom is -0.391 e. The Morgan fingerprint density at radius 2 is 2.44 bits per heavy atom. The van der Waals surface area contributed by atoms with Gasteiger partial charge in [0.25, 0.3) is 0 Å². The number of ether oxygens (including phenoxy) is 1. The summed E-state index contributed by atoms with van der Waals surface area (Å²) >= 11 is 0. The molecule has 4 heteroatoms. The lowest BCUT2D eigenvalue weighted by molar-refractivity contribution is -0.0565. The number of likely N-dealkylation sites (N-methyl/N-ethyl adjacent to an activating group) is 1. The Morgan fingerprint density at radius 3 is 3.12 bits per heavy atom. The van der Waals surface area contributed by atoms with E-state index in [-0.39, 0.29) is 12.1 Å². The summed E-state index contributed by atoms with van der Waals surface area (Å²) in [5, 5.41) is 9.88. The van der Waals surface area contributed by atoms with E-state index in [1.807, 2.05) is 25.2 Å². The van der Waals surface area contributed by atoms with E-state index in [9.17, 15) is 5.11 Å². The van der Waals surface area contributed by atoms with Crippen LogP contribution < -0.4 is 0 Å². The first-order chi connectivity index (χ1) is 7.77. The Bertz CT molecular complexity index is 318. The van der Waals surface area contributed by atoms with Crippen molar-refractivity contribution >= 4 is 0 Å². The molecule has 0 aromatic carbocycles. The van der Waals surface area contributed by atoms with Crippen molar-refractivity contribution in [3.63, 3.8) is 0 Å². The first kappa shape index (κ1) is 11.5. The van der Waals surface area contributed by atoms with E-state index < -0.39 is 0 Å². The molecule has 1 aromatic heterocycles. The standard InChI is InChI=1S/C12H18N2O2/c1-14(8-10-4-2-3-6-13-10)11-9-16-7-5-12(11)15/h2-4,6,11-12,15H,5,7-9H2,1H3. The fraction of sp³-hybridized carbons (Fsp3) is 0.583. The predicted molar refractivity (Wildman–Crippen MR) is 60.9 cm³/mol. The quantitative estimate of drug-likeness (QED) is 0.816. The van der Waals surface area contributed by atoms with Gasteiger partial charge in [0.2, 0.25) is 0 Å². The van der Waals surface area contributed by atoms with Crippen molar-refractivity contribution in [3.8, 4) is 0 Å². The molecular weight excluding hydrogens is 204 g/mol. The number of hydrogen-bond acceptors (Lipinski definition) is 4. The largest absolute Gasteiger partial charge is 0.391 e. The van der Waals surface area contributed by atoms with Gasteiger partial charge in [0.15, 0.2) is 0 Å². The molecule has 0 saturated carbocycles. The highest BCUT2D eigenvalue weighted by atomic mass is 16.5. The zero-order chi connectivity index (χ0) is 11.4. The molecule has 0 bridgehead atoms. The van der Waals surface area contributed by atoms with E-state index in [1.165, 1.54) is 0 Å². The Balaban J connectivity index is 1.94. The molecule has 16 heavy (non-hydrogen) atoms. The number of aliphatic hydroxyl groups is 1. The molecule has 2 atom stereocenters. The fourth-order valence-corrected chi connectivity index (χ4v) is 2.00. The van der Waals surface area contributed by atoms with Crippen LogP contribution in [0, 0.1) is 0 Å². The summed E-state index contributed by atoms with van der Waals surface area (Å²) in [7, 11) is 2.00. The lowest BCUT2D eigenvalue weighted by Crippen LogP contribution is -2.47. The van der Waals surface area contributed by atoms with Gasteiger partial charge in [-0.05, 0) is 25.6 Å². The zero-order valence-corrected chi connectivity index (χ0v) is 9.54. The highest BCUT2D eigenvalue weighted by molar-refractivity contribution is 5.03. The Kier molecular flexibility index (Phi) is 3.88. The van der Waals surface area contributed by atoms with Crippen LogP contribution in [0.3, 0.4) is 0 Å². The van der Waals surface area contributed by atoms with Crippen LogP contribution in [-0.4, -0.2) is 47.4 Å². The first-order valence-corrected chi connectivity index (χ1v) is 5.63. The van der Waals surface area contributed by atoms with Gasteiger partial charge >= 0.3 is 0 Å². The van der Waals surface area contributed by atoms with Crippen LogP contribution in [0.5, 0.6) is 0 Å². The van der Waals surface area contributed by atoms with Gasteiger partial charge < -0.3 is 9.84 Å². The number of aliphatic hydroxyl groups excluding tert-OH is 1. The molecule has 0 amide bonds. The zero-order valence-electron chi connectivity index (χ0n) is 9.54. The van der Waals surface area contributed by atoms with E-state index in [4.69, 9.17) is 4.74 Å². The Morgan fingerprint density at radius 1 is 1.56 bits per heavy atom. The van der Waals surface area contributed by atoms with Gasteiger partial charge in [-0.3, -0.25) is 9.88 Å². The molecule has 0 aliphatic carbocycles. The van der Waals surface area contributed by atoms with E-state index >= 15 is 0 Å². The van der Waals surface area contributed by atoms with Gasteiger partial charge in [0, 0.05) is 19.3 Å². The molecule has 2 unspecified atom stereocenters. The Labute approximate surface area is 95.9 Å². The lowest BCUT2D eigenvalue weighted by atomic mass is 10.1. The molecular formula is C12H18N2O2. The van der Waals surface area contributed by atoms with Crippen LogP contribution in [0.1, 0.15) is 12.1 Å². The molecule has 1 N–H and O–H groups in total. The van der Waals surface area contributed by atoms with Gasteiger partial charge in [-0.1, -0.05) is 6.07 Å². The van der Waals surface area contributed by atoms with Gasteiger partial charge in [0.1, 0.15) is 0 Å². The number of aromatic nitrogens is 1. The lowest BCUT2D eigenvalue weighted by Gasteiger charge is -2.34. The number of pyridine rings is 1. The normalized spacial score (nSPS) is 25.9. The van der Waals surface area contributed by atoms with Gasteiger partial charge in [-0.15, -0.1) is 0 Å². The summed E-state index contributed by atoms with van der Waals surface area (Å²) in [5.41, 5.74) is 1.02.